The van der Waals surface area contributed by atoms with Crippen LogP contribution in [0, 0.1) is 35.5 Å². The Kier molecular flexibility index (Phi) is 17.0. The van der Waals surface area contributed by atoms with Gasteiger partial charge in [0.1, 0.15) is 11.5 Å². The maximum Gasteiger partial charge on any atom is 0.304 e. The zero-order valence-electron chi connectivity index (χ0n) is 50.0. The summed E-state index contributed by atoms with van der Waals surface area (Å²) in [5, 5.41) is 1.50. The van der Waals surface area contributed by atoms with Crippen LogP contribution in [0.25, 0.3) is 0 Å². The van der Waals surface area contributed by atoms with Gasteiger partial charge in [-0.05, 0) is 220 Å². The molecule has 468 valence electrons. The number of hydrogen-bond donors (Lipinski definition) is 2. The van der Waals surface area contributed by atoms with Gasteiger partial charge in [0.25, 0.3) is 11.8 Å². The largest absolute Gasteiger partial charge is 0.490 e. The van der Waals surface area contributed by atoms with Gasteiger partial charge >= 0.3 is 20.4 Å². The van der Waals surface area contributed by atoms with Crippen molar-refractivity contribution < 1.29 is 45.4 Å². The molecule has 6 aliphatic carbocycles. The molecule has 12 aliphatic rings. The molecule has 87 heavy (non-hydrogen) atoms. The van der Waals surface area contributed by atoms with E-state index in [4.69, 9.17) is 42.1 Å². The topological polar surface area (TPSA) is 176 Å². The standard InChI is InChI=1S/2C33H40ClN3O5S.CH4/c2*1-20-24-13-25(14-24)31(41-3)27-9-6-23(27)17-37-18-33(12-4-5-21-15-26(34)8-10-28(21)33)19-42-30-11-7-22(16-29(30)37)32(38)35-43(39,40)36(20)2;/h2*7-8,10-11,13,15-16,20,23-24,27,31H,4-6,9,12,14,17-19H2,1-3H3,(H,35,38);1H4/t20-,23-,24+,27+,31-,33-;20-,23-,24-,27+,31-,33-;/m00./s1. The Morgan fingerprint density at radius 3 is 1.36 bits per heavy atom. The minimum atomic E-state index is -4.05. The van der Waals surface area contributed by atoms with Gasteiger partial charge in [0, 0.05) is 98.6 Å². The fraction of sp³-hybridized carbons (Fsp3) is 0.552. The van der Waals surface area contributed by atoms with Crippen LogP contribution >= 0.6 is 23.2 Å². The monoisotopic (exact) mass is 1270 g/mol. The summed E-state index contributed by atoms with van der Waals surface area (Å²) in [5.74, 6) is 1.91. The fourth-order valence-electron chi connectivity index (χ4n) is 16.3. The van der Waals surface area contributed by atoms with Gasteiger partial charge in [0.15, 0.2) is 0 Å². The first-order chi connectivity index (χ1) is 41.2. The van der Waals surface area contributed by atoms with Crippen molar-refractivity contribution >= 4 is 66.8 Å². The minimum absolute atomic E-state index is 0. The summed E-state index contributed by atoms with van der Waals surface area (Å²) in [7, 11) is -1.45. The number of fused-ring (bicyclic) bond motifs is 12. The number of carbonyl (C=O) groups is 2. The molecule has 6 heterocycles. The average molecular weight is 1270 g/mol. The number of anilines is 2. The molecule has 0 saturated heterocycles. The number of hydrogen-bond acceptors (Lipinski definition) is 12. The highest BCUT2D eigenvalue weighted by Gasteiger charge is 2.50. The maximum absolute atomic E-state index is 13.4. The molecule has 0 aromatic heterocycles. The van der Waals surface area contributed by atoms with E-state index in [1.165, 1.54) is 56.1 Å². The Morgan fingerprint density at radius 2 is 0.989 bits per heavy atom. The van der Waals surface area contributed by atoms with Crippen LogP contribution in [0.15, 0.2) is 96.1 Å². The highest BCUT2D eigenvalue weighted by Crippen LogP contribution is 2.52. The van der Waals surface area contributed by atoms with Gasteiger partial charge in [0.05, 0.1) is 36.8 Å². The summed E-state index contributed by atoms with van der Waals surface area (Å²) < 4.78 is 85.8. The van der Waals surface area contributed by atoms with Crippen LogP contribution in [-0.4, -0.2) is 129 Å². The van der Waals surface area contributed by atoms with Crippen molar-refractivity contribution in [2.75, 3.05) is 77.5 Å². The molecular weight excluding hydrogens is 1180 g/mol. The summed E-state index contributed by atoms with van der Waals surface area (Å²) >= 11 is 12.8. The quantitative estimate of drug-likeness (QED) is 0.182. The van der Waals surface area contributed by atoms with Gasteiger partial charge in [-0.2, -0.15) is 25.4 Å². The smallest absolute Gasteiger partial charge is 0.304 e. The molecule has 12 atom stereocenters. The molecule has 0 radical (unpaired) electrons. The fourth-order valence-corrected chi connectivity index (χ4v) is 18.8. The Labute approximate surface area is 524 Å². The first-order valence-electron chi connectivity index (χ1n) is 30.9. The molecule has 16 rings (SSSR count). The second kappa shape index (κ2) is 23.9. The van der Waals surface area contributed by atoms with E-state index in [0.717, 1.165) is 125 Å². The minimum Gasteiger partial charge on any atom is -0.490 e. The van der Waals surface area contributed by atoms with Crippen molar-refractivity contribution in [3.63, 3.8) is 0 Å². The van der Waals surface area contributed by atoms with Crippen molar-refractivity contribution in [2.24, 2.45) is 35.5 Å². The van der Waals surface area contributed by atoms with Crippen molar-refractivity contribution in [3.05, 3.63) is 140 Å². The number of nitrogens with one attached hydrogen (secondary N) is 2. The molecule has 4 aromatic carbocycles. The first kappa shape index (κ1) is 62.0. The normalized spacial score (nSPS) is 33.1. The van der Waals surface area contributed by atoms with Crippen LogP contribution in [0.2, 0.25) is 10.0 Å². The van der Waals surface area contributed by atoms with E-state index in [9.17, 15) is 26.4 Å². The van der Waals surface area contributed by atoms with Crippen molar-refractivity contribution in [1.29, 1.82) is 0 Å². The first-order valence-corrected chi connectivity index (χ1v) is 34.5. The molecule has 2 N–H and O–H groups in total. The number of nitrogens with zero attached hydrogens (tertiary/aromatic N) is 4. The van der Waals surface area contributed by atoms with E-state index in [2.05, 4.69) is 55.7 Å². The zero-order chi connectivity index (χ0) is 60.2. The summed E-state index contributed by atoms with van der Waals surface area (Å²) in [6, 6.07) is 22.5. The third-order valence-corrected chi connectivity index (χ3v) is 25.4. The molecule has 2 amide bonds. The van der Waals surface area contributed by atoms with Crippen LogP contribution in [0.1, 0.15) is 128 Å². The van der Waals surface area contributed by atoms with Crippen molar-refractivity contribution in [2.45, 2.75) is 133 Å². The highest BCUT2D eigenvalue weighted by molar-refractivity contribution is 7.88. The van der Waals surface area contributed by atoms with Gasteiger partial charge in [-0.25, -0.2) is 9.44 Å². The highest BCUT2D eigenvalue weighted by atomic mass is 35.5. The average Bonchev–Trinajstić information content (AvgIpc) is 2.05. The summed E-state index contributed by atoms with van der Waals surface area (Å²) in [6.45, 7) is 7.93. The lowest BCUT2D eigenvalue weighted by Crippen LogP contribution is -2.51. The van der Waals surface area contributed by atoms with Crippen LogP contribution in [0.5, 0.6) is 11.5 Å². The number of methoxy groups -OCH3 is 2. The zero-order valence-corrected chi connectivity index (χ0v) is 53.2. The maximum atomic E-state index is 13.4. The predicted molar refractivity (Wildman–Crippen MR) is 341 cm³/mol. The summed E-state index contributed by atoms with van der Waals surface area (Å²) in [5.41, 5.74) is 9.43. The molecular formula is C67H84Cl2N6O10S2. The third kappa shape index (κ3) is 11.3. The Balaban J connectivity index is 0.000000168. The van der Waals surface area contributed by atoms with Crippen LogP contribution in [0.4, 0.5) is 11.4 Å². The molecule has 16 nitrogen and oxygen atoms in total. The Bertz CT molecular complexity index is 3420. The van der Waals surface area contributed by atoms with Gasteiger partial charge in [-0.15, -0.1) is 0 Å². The number of amides is 2. The van der Waals surface area contributed by atoms with E-state index in [0.29, 0.717) is 59.5 Å². The second-order valence-corrected chi connectivity index (χ2v) is 30.8. The second-order valence-electron chi connectivity index (χ2n) is 26.5. The van der Waals surface area contributed by atoms with Crippen LogP contribution < -0.4 is 28.7 Å². The Hall–Kier alpha value is -5.18. The third-order valence-electron chi connectivity index (χ3n) is 21.9. The van der Waals surface area contributed by atoms with Gasteiger partial charge in [-0.3, -0.25) is 9.59 Å². The van der Waals surface area contributed by atoms with Crippen LogP contribution in [0.3, 0.4) is 0 Å². The van der Waals surface area contributed by atoms with Crippen molar-refractivity contribution in [1.82, 2.24) is 18.1 Å². The number of aryl methyl sites for hydroxylation is 2. The van der Waals surface area contributed by atoms with Crippen LogP contribution in [-0.2, 0) is 53.6 Å². The lowest BCUT2D eigenvalue weighted by atomic mass is 9.65. The number of carbonyl (C=O) groups excluding carboxylic acids is 2. The number of rotatable bonds is 2. The van der Waals surface area contributed by atoms with E-state index < -0.39 is 32.2 Å². The molecule has 2 saturated carbocycles. The summed E-state index contributed by atoms with van der Waals surface area (Å²) in [6.07, 6.45) is 16.5. The summed E-state index contributed by atoms with van der Waals surface area (Å²) in [4.78, 5) is 31.6. The lowest BCUT2D eigenvalue weighted by molar-refractivity contribution is -0.000559. The van der Waals surface area contributed by atoms with Gasteiger partial charge in [-0.1, -0.05) is 54.9 Å². The molecule has 2 fully saturated rings. The lowest BCUT2D eigenvalue weighted by Gasteiger charge is -2.48. The number of benzene rings is 4. The molecule has 0 unspecified atom stereocenters. The molecule has 20 heteroatoms. The van der Waals surface area contributed by atoms with Gasteiger partial charge < -0.3 is 28.7 Å². The van der Waals surface area contributed by atoms with E-state index in [-0.39, 0.29) is 54.4 Å². The van der Waals surface area contributed by atoms with E-state index >= 15 is 0 Å². The Morgan fingerprint density at radius 1 is 0.586 bits per heavy atom. The molecule has 6 aliphatic heterocycles. The van der Waals surface area contributed by atoms with Crippen molar-refractivity contribution in [3.8, 4) is 11.5 Å². The molecule has 8 bridgehead atoms. The predicted octanol–water partition coefficient (Wildman–Crippen LogP) is 10.9. The molecule has 2 spiro atoms. The SMILES string of the molecule is C.CO[C@H]1C2=C[C@@H](C2)[C@H](C)N(C)S(=O)(=O)NC(=O)c2ccc3c(c2)N(C[C@@H]2CC[C@H]21)C[C@@]1(CCCc2cc(Cl)ccc21)CO3.CO[C@H]1C2=C[C@H](C2)[C@H](C)N(C)S(=O)(=O)NC(=O)c2ccc3c(c2)N(C[C@@H]2CC[C@H]21)C[C@@]1(CCCc2cc(Cl)ccc21)CO3. The number of ether oxygens (including phenoxy) is 4. The number of halogens is 2. The van der Waals surface area contributed by atoms with Gasteiger partial charge in [0.2, 0.25) is 0 Å². The van der Waals surface area contributed by atoms with E-state index in [1.807, 2.05) is 50.2 Å². The van der Waals surface area contributed by atoms with E-state index in [1.54, 1.807) is 26.4 Å². The molecule has 4 aromatic rings.